The highest BCUT2D eigenvalue weighted by molar-refractivity contribution is 7.98. The molecular formula is C14H25N5S. The van der Waals surface area contributed by atoms with E-state index in [1.807, 2.05) is 49.0 Å². The van der Waals surface area contributed by atoms with E-state index < -0.39 is 0 Å². The van der Waals surface area contributed by atoms with Crippen molar-refractivity contribution in [2.24, 2.45) is 4.99 Å². The maximum absolute atomic E-state index is 4.56. The van der Waals surface area contributed by atoms with Crippen LogP contribution in [0.5, 0.6) is 0 Å². The van der Waals surface area contributed by atoms with Gasteiger partial charge in [-0.15, -0.1) is 0 Å². The molecule has 1 aromatic rings. The summed E-state index contributed by atoms with van der Waals surface area (Å²) in [6.07, 6.45) is 2.10. The molecule has 0 bridgehead atoms. The van der Waals surface area contributed by atoms with Crippen molar-refractivity contribution in [3.05, 3.63) is 23.9 Å². The van der Waals surface area contributed by atoms with E-state index >= 15 is 0 Å². The van der Waals surface area contributed by atoms with Gasteiger partial charge in [-0.25, -0.2) is 9.98 Å². The molecule has 0 saturated carbocycles. The first-order valence-corrected chi connectivity index (χ1v) is 8.21. The minimum Gasteiger partial charge on any atom is -0.363 e. The molecular weight excluding hydrogens is 270 g/mol. The highest BCUT2D eigenvalue weighted by Gasteiger charge is 2.00. The van der Waals surface area contributed by atoms with Crippen molar-refractivity contribution >= 4 is 23.5 Å². The molecule has 0 aromatic carbocycles. The van der Waals surface area contributed by atoms with Crippen molar-refractivity contribution in [1.82, 2.24) is 15.6 Å². The lowest BCUT2D eigenvalue weighted by Gasteiger charge is -2.12. The van der Waals surface area contributed by atoms with Gasteiger partial charge in [-0.3, -0.25) is 0 Å². The molecule has 0 saturated heterocycles. The summed E-state index contributed by atoms with van der Waals surface area (Å²) in [4.78, 5) is 11.1. The zero-order valence-corrected chi connectivity index (χ0v) is 13.6. The summed E-state index contributed by atoms with van der Waals surface area (Å²) < 4.78 is 0. The number of thioether (sulfide) groups is 1. The Hall–Kier alpha value is -1.43. The number of pyridine rings is 1. The Morgan fingerprint density at radius 1 is 1.35 bits per heavy atom. The smallest absolute Gasteiger partial charge is 0.191 e. The summed E-state index contributed by atoms with van der Waals surface area (Å²) in [7, 11) is 3.98. The molecule has 0 aliphatic rings. The van der Waals surface area contributed by atoms with E-state index in [0.717, 1.165) is 36.3 Å². The van der Waals surface area contributed by atoms with Crippen LogP contribution >= 0.6 is 11.8 Å². The van der Waals surface area contributed by atoms with E-state index in [1.165, 1.54) is 0 Å². The standard InChI is InChI=1S/C14H25N5S/c1-5-15-14(16-9-10-20-4)17-11-12-7-6-8-13(18-12)19(2)3/h6-8H,5,9-11H2,1-4H3,(H2,15,16,17). The molecule has 0 spiro atoms. The van der Waals surface area contributed by atoms with Gasteiger partial charge in [0.2, 0.25) is 0 Å². The van der Waals surface area contributed by atoms with Crippen LogP contribution in [0.4, 0.5) is 5.82 Å². The molecule has 0 aliphatic carbocycles. The molecule has 0 aliphatic heterocycles. The first-order valence-electron chi connectivity index (χ1n) is 6.81. The van der Waals surface area contributed by atoms with Crippen molar-refractivity contribution in [3.63, 3.8) is 0 Å². The number of aliphatic imine (C=N–C) groups is 1. The topological polar surface area (TPSA) is 52.6 Å². The predicted octanol–water partition coefficient (Wildman–Crippen LogP) is 1.57. The minimum absolute atomic E-state index is 0.580. The van der Waals surface area contributed by atoms with Crippen molar-refractivity contribution in [1.29, 1.82) is 0 Å². The summed E-state index contributed by atoms with van der Waals surface area (Å²) in [6, 6.07) is 6.01. The second-order valence-corrected chi connectivity index (χ2v) is 5.48. The largest absolute Gasteiger partial charge is 0.363 e. The van der Waals surface area contributed by atoms with Crippen LogP contribution in [0.3, 0.4) is 0 Å². The number of hydrogen-bond donors (Lipinski definition) is 2. The monoisotopic (exact) mass is 295 g/mol. The van der Waals surface area contributed by atoms with Crippen molar-refractivity contribution < 1.29 is 0 Å². The molecule has 20 heavy (non-hydrogen) atoms. The number of anilines is 1. The molecule has 1 heterocycles. The van der Waals surface area contributed by atoms with Crippen molar-refractivity contribution in [3.8, 4) is 0 Å². The summed E-state index contributed by atoms with van der Waals surface area (Å²) in [5, 5.41) is 6.55. The lowest BCUT2D eigenvalue weighted by atomic mass is 10.3. The lowest BCUT2D eigenvalue weighted by Crippen LogP contribution is -2.38. The Kier molecular flexibility index (Phi) is 7.87. The first kappa shape index (κ1) is 16.6. The van der Waals surface area contributed by atoms with Crippen LogP contribution in [0.1, 0.15) is 12.6 Å². The van der Waals surface area contributed by atoms with E-state index in [-0.39, 0.29) is 0 Å². The van der Waals surface area contributed by atoms with Crippen molar-refractivity contribution in [2.75, 3.05) is 44.1 Å². The predicted molar refractivity (Wildman–Crippen MR) is 89.8 cm³/mol. The number of nitrogens with zero attached hydrogens (tertiary/aromatic N) is 3. The second-order valence-electron chi connectivity index (χ2n) is 4.50. The Bertz CT molecular complexity index is 420. The molecule has 0 amide bonds. The number of rotatable bonds is 7. The van der Waals surface area contributed by atoms with Crippen molar-refractivity contribution in [2.45, 2.75) is 13.5 Å². The molecule has 0 atom stereocenters. The quantitative estimate of drug-likeness (QED) is 0.454. The van der Waals surface area contributed by atoms with Crippen LogP contribution < -0.4 is 15.5 Å². The Morgan fingerprint density at radius 2 is 2.15 bits per heavy atom. The molecule has 0 unspecified atom stereocenters. The van der Waals surface area contributed by atoms with Crippen LogP contribution in [-0.2, 0) is 6.54 Å². The number of aromatic nitrogens is 1. The van der Waals surface area contributed by atoms with Crippen LogP contribution in [0.15, 0.2) is 23.2 Å². The molecule has 1 rings (SSSR count). The van der Waals surface area contributed by atoms with E-state index in [0.29, 0.717) is 6.54 Å². The second kappa shape index (κ2) is 9.47. The van der Waals surface area contributed by atoms with Gasteiger partial charge in [-0.2, -0.15) is 11.8 Å². The van der Waals surface area contributed by atoms with Gasteiger partial charge in [0.25, 0.3) is 0 Å². The fourth-order valence-corrected chi connectivity index (χ4v) is 1.88. The molecule has 0 fully saturated rings. The van der Waals surface area contributed by atoms with Crippen LogP contribution in [0, 0.1) is 0 Å². The SMILES string of the molecule is CCNC(=NCc1cccc(N(C)C)n1)NCCSC. The summed E-state index contributed by atoms with van der Waals surface area (Å²) in [5.41, 5.74) is 0.971. The van der Waals surface area contributed by atoms with Gasteiger partial charge in [-0.05, 0) is 25.3 Å². The maximum atomic E-state index is 4.56. The van der Waals surface area contributed by atoms with Gasteiger partial charge < -0.3 is 15.5 Å². The third-order valence-corrected chi connectivity index (χ3v) is 3.20. The fourth-order valence-electron chi connectivity index (χ4n) is 1.58. The highest BCUT2D eigenvalue weighted by Crippen LogP contribution is 2.08. The average molecular weight is 295 g/mol. The summed E-state index contributed by atoms with van der Waals surface area (Å²) in [6.45, 7) is 4.42. The van der Waals surface area contributed by atoms with Crippen LogP contribution in [0.25, 0.3) is 0 Å². The van der Waals surface area contributed by atoms with E-state index in [2.05, 4.69) is 33.8 Å². The zero-order chi connectivity index (χ0) is 14.8. The van der Waals surface area contributed by atoms with Gasteiger partial charge in [0.05, 0.1) is 12.2 Å². The molecule has 6 heteroatoms. The Morgan fingerprint density at radius 3 is 2.80 bits per heavy atom. The molecule has 1 aromatic heterocycles. The summed E-state index contributed by atoms with van der Waals surface area (Å²) >= 11 is 1.82. The molecule has 5 nitrogen and oxygen atoms in total. The van der Waals surface area contributed by atoms with Crippen LogP contribution in [0.2, 0.25) is 0 Å². The lowest BCUT2D eigenvalue weighted by molar-refractivity contribution is 0.836. The van der Waals surface area contributed by atoms with E-state index in [4.69, 9.17) is 0 Å². The first-order chi connectivity index (χ1) is 9.67. The highest BCUT2D eigenvalue weighted by atomic mass is 32.2. The average Bonchev–Trinajstić information content (AvgIpc) is 2.45. The summed E-state index contributed by atoms with van der Waals surface area (Å²) in [5.74, 6) is 2.87. The Labute approximate surface area is 126 Å². The Balaban J connectivity index is 2.63. The van der Waals surface area contributed by atoms with Crippen LogP contribution in [-0.4, -0.2) is 50.1 Å². The number of guanidine groups is 1. The molecule has 2 N–H and O–H groups in total. The van der Waals surface area contributed by atoms with Gasteiger partial charge in [0.1, 0.15) is 5.82 Å². The minimum atomic E-state index is 0.580. The number of nitrogens with one attached hydrogen (secondary N) is 2. The third-order valence-electron chi connectivity index (χ3n) is 2.59. The maximum Gasteiger partial charge on any atom is 0.191 e. The zero-order valence-electron chi connectivity index (χ0n) is 12.8. The number of hydrogen-bond acceptors (Lipinski definition) is 4. The van der Waals surface area contributed by atoms with Gasteiger partial charge >= 0.3 is 0 Å². The van der Waals surface area contributed by atoms with E-state index in [1.54, 1.807) is 0 Å². The normalized spacial score (nSPS) is 11.3. The molecule has 112 valence electrons. The van der Waals surface area contributed by atoms with Gasteiger partial charge in [0.15, 0.2) is 5.96 Å². The molecule has 0 radical (unpaired) electrons. The van der Waals surface area contributed by atoms with Gasteiger partial charge in [-0.1, -0.05) is 6.07 Å². The fraction of sp³-hybridized carbons (Fsp3) is 0.571. The third kappa shape index (κ3) is 6.14. The van der Waals surface area contributed by atoms with E-state index in [9.17, 15) is 0 Å². The van der Waals surface area contributed by atoms with Gasteiger partial charge in [0, 0.05) is 32.9 Å².